The first kappa shape index (κ1) is 22.5. The number of sulfone groups is 1. The Morgan fingerprint density at radius 2 is 1.79 bits per heavy atom. The van der Waals surface area contributed by atoms with Crippen LogP contribution in [0.5, 0.6) is 5.75 Å². The molecule has 1 fully saturated rings. The maximum atomic E-state index is 13.2. The lowest BCUT2D eigenvalue weighted by Gasteiger charge is -2.31. The third-order valence-electron chi connectivity index (χ3n) is 5.79. The molecule has 7 nitrogen and oxygen atoms in total. The lowest BCUT2D eigenvalue weighted by molar-refractivity contribution is -0.142. The van der Waals surface area contributed by atoms with Crippen LogP contribution in [0.1, 0.15) is 24.5 Å². The highest BCUT2D eigenvalue weighted by molar-refractivity contribution is 7.91. The zero-order valence-electron chi connectivity index (χ0n) is 18.0. The zero-order chi connectivity index (χ0) is 23.6. The van der Waals surface area contributed by atoms with E-state index < -0.39 is 27.7 Å². The number of hydrogen-bond acceptors (Lipinski definition) is 6. The fourth-order valence-corrected chi connectivity index (χ4v) is 5.68. The third kappa shape index (κ3) is 4.73. The molecule has 1 atom stereocenters. The fraction of sp³-hybridized carbons (Fsp3) is 0.240. The molecule has 0 N–H and O–H groups in total. The fourth-order valence-electron chi connectivity index (χ4n) is 3.98. The Balaban J connectivity index is 1.59. The van der Waals surface area contributed by atoms with Crippen molar-refractivity contribution in [2.75, 3.05) is 11.5 Å². The predicted octanol–water partition coefficient (Wildman–Crippen LogP) is 3.04. The van der Waals surface area contributed by atoms with Gasteiger partial charge in [0.25, 0.3) is 11.8 Å². The molecule has 0 saturated carbocycles. The van der Waals surface area contributed by atoms with Gasteiger partial charge in [0.05, 0.1) is 17.5 Å². The van der Waals surface area contributed by atoms with Gasteiger partial charge in [-0.1, -0.05) is 42.5 Å². The van der Waals surface area contributed by atoms with Gasteiger partial charge in [0.1, 0.15) is 24.0 Å². The lowest BCUT2D eigenvalue weighted by Crippen LogP contribution is -2.49. The van der Waals surface area contributed by atoms with Gasteiger partial charge in [-0.2, -0.15) is 5.26 Å². The van der Waals surface area contributed by atoms with Gasteiger partial charge in [-0.05, 0) is 48.3 Å². The molecule has 0 aromatic heterocycles. The molecule has 4 rings (SSSR count). The summed E-state index contributed by atoms with van der Waals surface area (Å²) >= 11 is 0. The largest absolute Gasteiger partial charge is 0.489 e. The molecule has 2 amide bonds. The normalized spacial score (nSPS) is 21.4. The molecular formula is C25H22N2O5S. The first-order valence-electron chi connectivity index (χ1n) is 10.5. The molecule has 0 unspecified atom stereocenters. The van der Waals surface area contributed by atoms with Crippen LogP contribution in [-0.2, 0) is 26.0 Å². The summed E-state index contributed by atoms with van der Waals surface area (Å²) in [4.78, 5) is 26.9. The van der Waals surface area contributed by atoms with Crippen LogP contribution in [0.2, 0.25) is 0 Å². The van der Waals surface area contributed by atoms with E-state index in [1.807, 2.05) is 36.4 Å². The lowest BCUT2D eigenvalue weighted by atomic mass is 9.92. The van der Waals surface area contributed by atoms with Crippen LogP contribution in [0.15, 0.2) is 71.3 Å². The highest BCUT2D eigenvalue weighted by Gasteiger charge is 2.43. The second-order valence-corrected chi connectivity index (χ2v) is 10.3. The van der Waals surface area contributed by atoms with Crippen molar-refractivity contribution < 1.29 is 22.7 Å². The number of carbonyl (C=O) groups excluding carboxylic acids is 2. The number of ether oxygens (including phenoxy) is 1. The second kappa shape index (κ2) is 9.04. The second-order valence-electron chi connectivity index (χ2n) is 8.05. The Hall–Kier alpha value is -3.70. The average molecular weight is 463 g/mol. The van der Waals surface area contributed by atoms with E-state index in [2.05, 4.69) is 0 Å². The van der Waals surface area contributed by atoms with Gasteiger partial charge in [-0.25, -0.2) is 8.42 Å². The molecule has 2 aliphatic heterocycles. The first-order chi connectivity index (χ1) is 15.8. The van der Waals surface area contributed by atoms with Gasteiger partial charge < -0.3 is 4.74 Å². The topological polar surface area (TPSA) is 105 Å². The summed E-state index contributed by atoms with van der Waals surface area (Å²) in [5.41, 5.74) is 2.07. The minimum absolute atomic E-state index is 0.0806. The van der Waals surface area contributed by atoms with E-state index in [1.165, 1.54) is 0 Å². The molecule has 2 aliphatic rings. The third-order valence-corrected chi connectivity index (χ3v) is 7.54. The number of carbonyl (C=O) groups is 2. The van der Waals surface area contributed by atoms with Crippen LogP contribution < -0.4 is 4.74 Å². The van der Waals surface area contributed by atoms with Gasteiger partial charge in [-0.15, -0.1) is 0 Å². The average Bonchev–Trinajstić information content (AvgIpc) is 3.16. The summed E-state index contributed by atoms with van der Waals surface area (Å²) in [5.74, 6) is -1.01. The van der Waals surface area contributed by atoms with Gasteiger partial charge in [0, 0.05) is 5.57 Å². The highest BCUT2D eigenvalue weighted by atomic mass is 32.2. The van der Waals surface area contributed by atoms with Crippen molar-refractivity contribution in [3.8, 4) is 11.8 Å². The molecule has 168 valence electrons. The van der Waals surface area contributed by atoms with Crippen LogP contribution in [0, 0.1) is 11.3 Å². The van der Waals surface area contributed by atoms with Gasteiger partial charge in [-0.3, -0.25) is 14.5 Å². The molecule has 33 heavy (non-hydrogen) atoms. The molecule has 2 heterocycles. The maximum absolute atomic E-state index is 13.2. The highest BCUT2D eigenvalue weighted by Crippen LogP contribution is 2.31. The number of nitriles is 1. The standard InChI is InChI=1S/C25H22N2O5S/c1-17-22(13-18-7-9-21(10-8-18)32-15-19-5-3-2-4-6-19)24(28)27(25(29)23(17)14-26)20-11-12-33(30,31)16-20/h2-10,13,20H,11-12,15-16H2,1H3/b22-13+/t20-/m0/s1. The Bertz CT molecular complexity index is 1300. The molecule has 0 aliphatic carbocycles. The Kier molecular flexibility index (Phi) is 6.16. The van der Waals surface area contributed by atoms with Crippen molar-refractivity contribution in [1.29, 1.82) is 5.26 Å². The Morgan fingerprint density at radius 3 is 2.39 bits per heavy atom. The molecule has 0 spiro atoms. The molecule has 8 heteroatoms. The molecule has 2 aromatic carbocycles. The Morgan fingerprint density at radius 1 is 1.09 bits per heavy atom. The van der Waals surface area contributed by atoms with E-state index in [-0.39, 0.29) is 34.6 Å². The predicted molar refractivity (Wildman–Crippen MR) is 122 cm³/mol. The van der Waals surface area contributed by atoms with Crippen LogP contribution in [0.3, 0.4) is 0 Å². The number of imide groups is 1. The number of nitrogens with zero attached hydrogens (tertiary/aromatic N) is 2. The number of amides is 2. The summed E-state index contributed by atoms with van der Waals surface area (Å²) in [6.07, 6.45) is 1.79. The summed E-state index contributed by atoms with van der Waals surface area (Å²) in [7, 11) is -3.31. The van der Waals surface area contributed by atoms with Crippen molar-refractivity contribution in [1.82, 2.24) is 4.90 Å². The van der Waals surface area contributed by atoms with Gasteiger partial charge in [0.15, 0.2) is 9.84 Å². The van der Waals surface area contributed by atoms with E-state index in [9.17, 15) is 23.3 Å². The van der Waals surface area contributed by atoms with Crippen molar-refractivity contribution in [2.45, 2.75) is 26.0 Å². The quantitative estimate of drug-likeness (QED) is 0.500. The first-order valence-corrected chi connectivity index (χ1v) is 12.3. The van der Waals surface area contributed by atoms with E-state index in [0.717, 1.165) is 10.5 Å². The number of rotatable bonds is 5. The van der Waals surface area contributed by atoms with E-state index in [0.29, 0.717) is 17.9 Å². The van der Waals surface area contributed by atoms with E-state index in [1.54, 1.807) is 37.3 Å². The van der Waals surface area contributed by atoms with E-state index in [4.69, 9.17) is 4.74 Å². The Labute approximate surface area is 192 Å². The van der Waals surface area contributed by atoms with Crippen LogP contribution >= 0.6 is 0 Å². The summed E-state index contributed by atoms with van der Waals surface area (Å²) in [5, 5.41) is 9.53. The van der Waals surface area contributed by atoms with Crippen molar-refractivity contribution in [2.24, 2.45) is 0 Å². The summed E-state index contributed by atoms with van der Waals surface area (Å²) < 4.78 is 29.6. The number of benzene rings is 2. The van der Waals surface area contributed by atoms with Crippen LogP contribution in [-0.4, -0.2) is 42.7 Å². The van der Waals surface area contributed by atoms with Crippen molar-refractivity contribution in [3.63, 3.8) is 0 Å². The van der Waals surface area contributed by atoms with Gasteiger partial charge >= 0.3 is 0 Å². The minimum Gasteiger partial charge on any atom is -0.489 e. The van der Waals surface area contributed by atoms with Crippen LogP contribution in [0.4, 0.5) is 0 Å². The molecule has 0 radical (unpaired) electrons. The van der Waals surface area contributed by atoms with E-state index >= 15 is 0 Å². The molecule has 2 aromatic rings. The molecular weight excluding hydrogens is 440 g/mol. The number of hydrogen-bond donors (Lipinski definition) is 0. The summed E-state index contributed by atoms with van der Waals surface area (Å²) in [6.45, 7) is 1.98. The van der Waals surface area contributed by atoms with Gasteiger partial charge in [0.2, 0.25) is 0 Å². The van der Waals surface area contributed by atoms with Crippen molar-refractivity contribution >= 4 is 27.7 Å². The monoisotopic (exact) mass is 462 g/mol. The molecule has 1 saturated heterocycles. The zero-order valence-corrected chi connectivity index (χ0v) is 18.8. The maximum Gasteiger partial charge on any atom is 0.271 e. The SMILES string of the molecule is CC1=C(C#N)C(=O)N([C@H]2CCS(=O)(=O)C2)C(=O)/C1=C/c1ccc(OCc2ccccc2)cc1. The minimum atomic E-state index is -3.31. The van der Waals surface area contributed by atoms with Crippen LogP contribution in [0.25, 0.3) is 6.08 Å². The van der Waals surface area contributed by atoms with Crippen molar-refractivity contribution in [3.05, 3.63) is 82.4 Å². The molecule has 0 bridgehead atoms. The smallest absolute Gasteiger partial charge is 0.271 e. The summed E-state index contributed by atoms with van der Waals surface area (Å²) in [6, 6.07) is 18.0.